The molecule has 0 bridgehead atoms. The fourth-order valence-corrected chi connectivity index (χ4v) is 5.36. The third kappa shape index (κ3) is 4.22. The van der Waals surface area contributed by atoms with Gasteiger partial charge in [0, 0.05) is 30.1 Å². The molecule has 0 radical (unpaired) electrons. The Morgan fingerprint density at radius 3 is 2.31 bits per heavy atom. The monoisotopic (exact) mass is 450 g/mol. The van der Waals surface area contributed by atoms with Gasteiger partial charge < -0.3 is 10.1 Å². The Labute approximate surface area is 186 Å². The molecule has 1 N–H and O–H groups in total. The minimum Gasteiger partial charge on any atom is -0.495 e. The van der Waals surface area contributed by atoms with Crippen molar-refractivity contribution in [3.05, 3.63) is 90.0 Å². The first kappa shape index (κ1) is 21.6. The Hall–Kier alpha value is -3.65. The lowest BCUT2D eigenvalue weighted by Gasteiger charge is -2.19. The second-order valence-electron chi connectivity index (χ2n) is 7.43. The van der Waals surface area contributed by atoms with Gasteiger partial charge in [0.2, 0.25) is 5.91 Å². The zero-order valence-electron chi connectivity index (χ0n) is 17.4. The van der Waals surface area contributed by atoms with E-state index in [4.69, 9.17) is 4.74 Å². The van der Waals surface area contributed by atoms with Gasteiger partial charge in [-0.1, -0.05) is 48.5 Å². The number of sulfonamides is 1. The van der Waals surface area contributed by atoms with Crippen molar-refractivity contribution in [1.29, 1.82) is 0 Å². The summed E-state index contributed by atoms with van der Waals surface area (Å²) in [4.78, 5) is 25.1. The highest BCUT2D eigenvalue weighted by Gasteiger charge is 2.40. The van der Waals surface area contributed by atoms with Crippen LogP contribution in [0, 0.1) is 0 Å². The predicted octanol–water partition coefficient (Wildman–Crippen LogP) is 3.65. The van der Waals surface area contributed by atoms with E-state index >= 15 is 0 Å². The van der Waals surface area contributed by atoms with Crippen LogP contribution in [0.2, 0.25) is 0 Å². The molecule has 1 aliphatic heterocycles. The summed E-state index contributed by atoms with van der Waals surface area (Å²) < 4.78 is 33.0. The summed E-state index contributed by atoms with van der Waals surface area (Å²) in [7, 11) is -2.88. The lowest BCUT2D eigenvalue weighted by molar-refractivity contribution is -0.123. The van der Waals surface area contributed by atoms with Crippen LogP contribution < -0.4 is 10.1 Å². The highest BCUT2D eigenvalue weighted by Crippen LogP contribution is 2.35. The molecule has 4 rings (SSSR count). The molecule has 1 aliphatic rings. The van der Waals surface area contributed by atoms with E-state index in [1.54, 1.807) is 24.3 Å². The van der Waals surface area contributed by atoms with Gasteiger partial charge in [-0.15, -0.1) is 0 Å². The average molecular weight is 451 g/mol. The number of hydrogen-bond acceptors (Lipinski definition) is 5. The predicted molar refractivity (Wildman–Crippen MR) is 120 cm³/mol. The van der Waals surface area contributed by atoms with Crippen LogP contribution >= 0.6 is 0 Å². The molecule has 1 saturated heterocycles. The molecule has 8 heteroatoms. The van der Waals surface area contributed by atoms with Crippen LogP contribution in [0.4, 0.5) is 5.69 Å². The summed E-state index contributed by atoms with van der Waals surface area (Å²) >= 11 is 0. The van der Waals surface area contributed by atoms with Crippen LogP contribution in [0.3, 0.4) is 0 Å². The summed E-state index contributed by atoms with van der Waals surface area (Å²) in [5.41, 5.74) is 1.62. The highest BCUT2D eigenvalue weighted by atomic mass is 32.2. The molecule has 0 spiro atoms. The van der Waals surface area contributed by atoms with E-state index in [-0.39, 0.29) is 35.1 Å². The number of ether oxygens (including phenoxy) is 1. The summed E-state index contributed by atoms with van der Waals surface area (Å²) in [6.07, 6.45) is 0.0970. The Morgan fingerprint density at radius 1 is 1.00 bits per heavy atom. The number of rotatable bonds is 6. The Kier molecular flexibility index (Phi) is 5.96. The van der Waals surface area contributed by atoms with Gasteiger partial charge in [0.15, 0.2) is 0 Å². The number of nitrogens with one attached hydrogen (secondary N) is 1. The van der Waals surface area contributed by atoms with Gasteiger partial charge in [-0.2, -0.15) is 0 Å². The molecule has 3 aromatic carbocycles. The lowest BCUT2D eigenvalue weighted by Crippen LogP contribution is -2.32. The standard InChI is InChI=1S/C24H22N2O5S/c1-31-21-13-12-18(24(28)25-20-10-6-3-7-11-20)14-22(21)32(29,30)26-16-19(15-23(26)27)17-8-4-2-5-9-17/h2-14,19H,15-16H2,1H3,(H,25,28)/t19-/m1/s1. The van der Waals surface area contributed by atoms with Gasteiger partial charge in [-0.05, 0) is 35.9 Å². The second kappa shape index (κ2) is 8.84. The molecule has 0 unspecified atom stereocenters. The number of hydrogen-bond donors (Lipinski definition) is 1. The van der Waals surface area contributed by atoms with Crippen molar-refractivity contribution in [3.63, 3.8) is 0 Å². The van der Waals surface area contributed by atoms with E-state index < -0.39 is 21.8 Å². The smallest absolute Gasteiger partial charge is 0.270 e. The van der Waals surface area contributed by atoms with Crippen molar-refractivity contribution in [2.24, 2.45) is 0 Å². The van der Waals surface area contributed by atoms with Crippen molar-refractivity contribution < 1.29 is 22.7 Å². The van der Waals surface area contributed by atoms with Crippen LogP contribution in [0.25, 0.3) is 0 Å². The first-order chi connectivity index (χ1) is 15.4. The number of para-hydroxylation sites is 1. The third-order valence-corrected chi connectivity index (χ3v) is 7.19. The largest absolute Gasteiger partial charge is 0.495 e. The van der Waals surface area contributed by atoms with Crippen molar-refractivity contribution in [2.75, 3.05) is 19.0 Å². The Bertz CT molecular complexity index is 1240. The van der Waals surface area contributed by atoms with E-state index in [2.05, 4.69) is 5.32 Å². The zero-order valence-corrected chi connectivity index (χ0v) is 18.2. The number of carbonyl (C=O) groups is 2. The maximum absolute atomic E-state index is 13.4. The molecule has 164 valence electrons. The Balaban J connectivity index is 1.64. The van der Waals surface area contributed by atoms with Crippen molar-refractivity contribution >= 4 is 27.5 Å². The minimum atomic E-state index is -4.22. The van der Waals surface area contributed by atoms with Gasteiger partial charge in [-0.25, -0.2) is 12.7 Å². The van der Waals surface area contributed by atoms with Gasteiger partial charge in [0.25, 0.3) is 15.9 Å². The van der Waals surface area contributed by atoms with Crippen molar-refractivity contribution in [2.45, 2.75) is 17.2 Å². The molecular formula is C24H22N2O5S. The van der Waals surface area contributed by atoms with Crippen molar-refractivity contribution in [1.82, 2.24) is 4.31 Å². The van der Waals surface area contributed by atoms with E-state index in [0.29, 0.717) is 5.69 Å². The maximum atomic E-state index is 13.4. The molecule has 2 amide bonds. The molecule has 0 aromatic heterocycles. The second-order valence-corrected chi connectivity index (χ2v) is 9.26. The lowest BCUT2D eigenvalue weighted by atomic mass is 9.99. The number of anilines is 1. The van der Waals surface area contributed by atoms with Crippen LogP contribution in [0.5, 0.6) is 5.75 Å². The maximum Gasteiger partial charge on any atom is 0.270 e. The fraction of sp³-hybridized carbons (Fsp3) is 0.167. The molecule has 1 atom stereocenters. The molecule has 7 nitrogen and oxygen atoms in total. The first-order valence-corrected chi connectivity index (χ1v) is 11.5. The van der Waals surface area contributed by atoms with Crippen LogP contribution in [-0.2, 0) is 14.8 Å². The van der Waals surface area contributed by atoms with Crippen LogP contribution in [0.1, 0.15) is 28.3 Å². The fourth-order valence-electron chi connectivity index (χ4n) is 3.72. The highest BCUT2D eigenvalue weighted by molar-refractivity contribution is 7.89. The molecule has 1 heterocycles. The normalized spacial score (nSPS) is 16.1. The zero-order chi connectivity index (χ0) is 22.7. The molecule has 3 aromatic rings. The van der Waals surface area contributed by atoms with Crippen LogP contribution in [0.15, 0.2) is 83.8 Å². The average Bonchev–Trinajstić information content (AvgIpc) is 3.22. The minimum absolute atomic E-state index is 0.0365. The molecule has 0 saturated carbocycles. The van der Waals surface area contributed by atoms with Crippen molar-refractivity contribution in [3.8, 4) is 5.75 Å². The SMILES string of the molecule is COc1ccc(C(=O)Nc2ccccc2)cc1S(=O)(=O)N1C[C@H](c2ccccc2)CC1=O. The molecule has 1 fully saturated rings. The van der Waals surface area contributed by atoms with Gasteiger partial charge in [-0.3, -0.25) is 9.59 Å². The summed E-state index contributed by atoms with van der Waals surface area (Å²) in [6.45, 7) is 0.0365. The number of amides is 2. The third-order valence-electron chi connectivity index (χ3n) is 5.38. The summed E-state index contributed by atoms with van der Waals surface area (Å²) in [5, 5.41) is 2.73. The number of nitrogens with zero attached hydrogens (tertiary/aromatic N) is 1. The van der Waals surface area contributed by atoms with Crippen LogP contribution in [-0.4, -0.2) is 38.2 Å². The van der Waals surface area contributed by atoms with E-state index in [9.17, 15) is 18.0 Å². The topological polar surface area (TPSA) is 92.8 Å². The Morgan fingerprint density at radius 2 is 1.66 bits per heavy atom. The number of carbonyl (C=O) groups excluding carboxylic acids is 2. The summed E-state index contributed by atoms with van der Waals surface area (Å²) in [6, 6.07) is 22.3. The summed E-state index contributed by atoms with van der Waals surface area (Å²) in [5.74, 6) is -1.11. The molecular weight excluding hydrogens is 428 g/mol. The molecule has 0 aliphatic carbocycles. The van der Waals surface area contributed by atoms with Gasteiger partial charge in [0.1, 0.15) is 10.6 Å². The van der Waals surface area contributed by atoms with Gasteiger partial charge in [0.05, 0.1) is 7.11 Å². The van der Waals surface area contributed by atoms with E-state index in [1.807, 2.05) is 36.4 Å². The first-order valence-electron chi connectivity index (χ1n) is 10.0. The molecule has 32 heavy (non-hydrogen) atoms. The van der Waals surface area contributed by atoms with E-state index in [0.717, 1.165) is 9.87 Å². The number of methoxy groups -OCH3 is 1. The van der Waals surface area contributed by atoms with Gasteiger partial charge >= 0.3 is 0 Å². The quantitative estimate of drug-likeness (QED) is 0.619. The van der Waals surface area contributed by atoms with E-state index in [1.165, 1.54) is 25.3 Å². The number of benzene rings is 3.